The number of hydrogen-bond acceptors (Lipinski definition) is 3. The van der Waals surface area contributed by atoms with E-state index in [-0.39, 0.29) is 11.0 Å². The van der Waals surface area contributed by atoms with Gasteiger partial charge in [-0.15, -0.1) is 0 Å². The third-order valence-electron chi connectivity index (χ3n) is 4.42. The molecule has 1 saturated carbocycles. The van der Waals surface area contributed by atoms with E-state index in [1.165, 1.54) is 5.56 Å². The predicted octanol–water partition coefficient (Wildman–Crippen LogP) is 3.39. The molecule has 0 aromatic heterocycles. The van der Waals surface area contributed by atoms with Crippen LogP contribution in [0.15, 0.2) is 24.3 Å². The highest BCUT2D eigenvalue weighted by Gasteiger charge is 2.29. The standard InChI is InChI=1S/C17H27NO2S/c1-2-6-14-9-11-15(12-10-14)17(18)13-21(19,20)16-7-4-3-5-8-16/h9-12,16-17H,2-8,13,18H2,1H3. The van der Waals surface area contributed by atoms with E-state index in [2.05, 4.69) is 19.1 Å². The van der Waals surface area contributed by atoms with E-state index in [0.717, 1.165) is 50.5 Å². The Labute approximate surface area is 128 Å². The normalized spacial score (nSPS) is 18.6. The Morgan fingerprint density at radius 2 is 1.76 bits per heavy atom. The Morgan fingerprint density at radius 3 is 2.33 bits per heavy atom. The van der Waals surface area contributed by atoms with Crippen molar-refractivity contribution in [2.45, 2.75) is 63.2 Å². The highest BCUT2D eigenvalue weighted by atomic mass is 32.2. The molecule has 118 valence electrons. The lowest BCUT2D eigenvalue weighted by molar-refractivity contribution is 0.481. The molecule has 0 aliphatic heterocycles. The van der Waals surface area contributed by atoms with Crippen molar-refractivity contribution in [1.82, 2.24) is 0 Å². The van der Waals surface area contributed by atoms with Gasteiger partial charge in [0.25, 0.3) is 0 Å². The molecule has 0 amide bonds. The lowest BCUT2D eigenvalue weighted by Gasteiger charge is -2.23. The second kappa shape index (κ2) is 7.41. The summed E-state index contributed by atoms with van der Waals surface area (Å²) >= 11 is 0. The van der Waals surface area contributed by atoms with Gasteiger partial charge in [-0.3, -0.25) is 0 Å². The van der Waals surface area contributed by atoms with E-state index in [1.54, 1.807) is 0 Å². The lowest BCUT2D eigenvalue weighted by Crippen LogP contribution is -2.31. The fourth-order valence-electron chi connectivity index (χ4n) is 3.13. The Morgan fingerprint density at radius 1 is 1.14 bits per heavy atom. The third kappa shape index (κ3) is 4.55. The second-order valence-corrected chi connectivity index (χ2v) is 8.51. The minimum atomic E-state index is -3.08. The molecule has 0 radical (unpaired) electrons. The molecule has 0 spiro atoms. The Kier molecular flexibility index (Phi) is 5.82. The van der Waals surface area contributed by atoms with E-state index in [1.807, 2.05) is 12.1 Å². The largest absolute Gasteiger partial charge is 0.323 e. The maximum absolute atomic E-state index is 12.5. The van der Waals surface area contributed by atoms with Crippen molar-refractivity contribution in [2.24, 2.45) is 5.73 Å². The summed E-state index contributed by atoms with van der Waals surface area (Å²) in [5.41, 5.74) is 8.34. The van der Waals surface area contributed by atoms with Crippen LogP contribution in [0.5, 0.6) is 0 Å². The zero-order valence-corrected chi connectivity index (χ0v) is 13.7. The molecule has 1 atom stereocenters. The number of aryl methyl sites for hydroxylation is 1. The first-order valence-electron chi connectivity index (χ1n) is 8.09. The molecule has 1 aliphatic rings. The minimum absolute atomic E-state index is 0.0742. The van der Waals surface area contributed by atoms with Gasteiger partial charge in [0.1, 0.15) is 0 Å². The molecule has 2 rings (SSSR count). The molecule has 1 aromatic rings. The molecule has 4 heteroatoms. The van der Waals surface area contributed by atoms with Crippen LogP contribution in [0.2, 0.25) is 0 Å². The van der Waals surface area contributed by atoms with Gasteiger partial charge < -0.3 is 5.73 Å². The molecule has 3 nitrogen and oxygen atoms in total. The first-order chi connectivity index (χ1) is 10.0. The van der Waals surface area contributed by atoms with Gasteiger partial charge in [0, 0.05) is 6.04 Å². The molecular formula is C17H27NO2S. The number of hydrogen-bond donors (Lipinski definition) is 1. The molecule has 1 aliphatic carbocycles. The van der Waals surface area contributed by atoms with Crippen LogP contribution in [0.4, 0.5) is 0 Å². The van der Waals surface area contributed by atoms with Crippen LogP contribution in [-0.2, 0) is 16.3 Å². The molecule has 0 saturated heterocycles. The van der Waals surface area contributed by atoms with Crippen LogP contribution in [0.3, 0.4) is 0 Å². The summed E-state index contributed by atoms with van der Waals surface area (Å²) in [6.07, 6.45) is 7.01. The van der Waals surface area contributed by atoms with E-state index >= 15 is 0 Å². The van der Waals surface area contributed by atoms with Gasteiger partial charge in [0.2, 0.25) is 0 Å². The van der Waals surface area contributed by atoms with Crippen LogP contribution in [0.1, 0.15) is 62.6 Å². The van der Waals surface area contributed by atoms with Gasteiger partial charge in [-0.25, -0.2) is 8.42 Å². The van der Waals surface area contributed by atoms with E-state index in [9.17, 15) is 8.42 Å². The van der Waals surface area contributed by atoms with Crippen LogP contribution >= 0.6 is 0 Å². The van der Waals surface area contributed by atoms with E-state index < -0.39 is 15.9 Å². The fraction of sp³-hybridized carbons (Fsp3) is 0.647. The smallest absolute Gasteiger partial charge is 0.155 e. The molecule has 1 fully saturated rings. The Balaban J connectivity index is 2.00. The summed E-state index contributed by atoms with van der Waals surface area (Å²) in [5, 5.41) is -0.170. The number of rotatable bonds is 6. The summed E-state index contributed by atoms with van der Waals surface area (Å²) in [5.74, 6) is 0.0742. The first kappa shape index (κ1) is 16.5. The highest BCUT2D eigenvalue weighted by Crippen LogP contribution is 2.26. The van der Waals surface area contributed by atoms with E-state index in [0.29, 0.717) is 0 Å². The first-order valence-corrected chi connectivity index (χ1v) is 9.80. The van der Waals surface area contributed by atoms with Crippen LogP contribution in [-0.4, -0.2) is 19.4 Å². The summed E-state index contributed by atoms with van der Waals surface area (Å²) in [6, 6.07) is 7.67. The van der Waals surface area contributed by atoms with Gasteiger partial charge in [-0.05, 0) is 30.4 Å². The van der Waals surface area contributed by atoms with Crippen molar-refractivity contribution < 1.29 is 8.42 Å². The maximum Gasteiger partial charge on any atom is 0.155 e. The Hall–Kier alpha value is -0.870. The maximum atomic E-state index is 12.5. The number of nitrogens with two attached hydrogens (primary N) is 1. The van der Waals surface area contributed by atoms with Crippen molar-refractivity contribution in [3.05, 3.63) is 35.4 Å². The molecule has 21 heavy (non-hydrogen) atoms. The molecule has 0 heterocycles. The van der Waals surface area contributed by atoms with Gasteiger partial charge in [-0.2, -0.15) is 0 Å². The predicted molar refractivity (Wildman–Crippen MR) is 88.0 cm³/mol. The molecule has 1 unspecified atom stereocenters. The summed E-state index contributed by atoms with van der Waals surface area (Å²) in [4.78, 5) is 0. The third-order valence-corrected chi connectivity index (χ3v) is 6.73. The lowest BCUT2D eigenvalue weighted by atomic mass is 10.0. The van der Waals surface area contributed by atoms with Gasteiger partial charge in [0.05, 0.1) is 11.0 Å². The SMILES string of the molecule is CCCc1ccc(C(N)CS(=O)(=O)C2CCCCC2)cc1. The van der Waals surface area contributed by atoms with Crippen LogP contribution in [0, 0.1) is 0 Å². The molecule has 1 aromatic carbocycles. The summed E-state index contributed by atoms with van der Waals surface area (Å²) in [6.45, 7) is 2.15. The van der Waals surface area contributed by atoms with Gasteiger partial charge in [-0.1, -0.05) is 56.9 Å². The summed E-state index contributed by atoms with van der Waals surface area (Å²) < 4.78 is 24.9. The fourth-order valence-corrected chi connectivity index (χ4v) is 5.14. The van der Waals surface area contributed by atoms with Crippen LogP contribution in [0.25, 0.3) is 0 Å². The zero-order valence-electron chi connectivity index (χ0n) is 12.9. The quantitative estimate of drug-likeness (QED) is 0.876. The second-order valence-electron chi connectivity index (χ2n) is 6.19. The summed E-state index contributed by atoms with van der Waals surface area (Å²) in [7, 11) is -3.08. The highest BCUT2D eigenvalue weighted by molar-refractivity contribution is 7.92. The van der Waals surface area contributed by atoms with Crippen molar-refractivity contribution in [2.75, 3.05) is 5.75 Å². The Bertz CT molecular complexity index is 530. The van der Waals surface area contributed by atoms with E-state index in [4.69, 9.17) is 5.73 Å². The number of benzene rings is 1. The van der Waals surface area contributed by atoms with Crippen molar-refractivity contribution in [3.63, 3.8) is 0 Å². The van der Waals surface area contributed by atoms with Crippen molar-refractivity contribution in [3.8, 4) is 0 Å². The zero-order chi connectivity index (χ0) is 15.3. The molecule has 0 bridgehead atoms. The van der Waals surface area contributed by atoms with Gasteiger partial charge >= 0.3 is 0 Å². The topological polar surface area (TPSA) is 60.2 Å². The molecule has 2 N–H and O–H groups in total. The average Bonchev–Trinajstić information content (AvgIpc) is 2.49. The number of sulfone groups is 1. The van der Waals surface area contributed by atoms with Gasteiger partial charge in [0.15, 0.2) is 9.84 Å². The average molecular weight is 309 g/mol. The monoisotopic (exact) mass is 309 g/mol. The molecular weight excluding hydrogens is 282 g/mol. The van der Waals surface area contributed by atoms with Crippen molar-refractivity contribution in [1.29, 1.82) is 0 Å². The van der Waals surface area contributed by atoms with Crippen molar-refractivity contribution >= 4 is 9.84 Å². The van der Waals surface area contributed by atoms with Crippen LogP contribution < -0.4 is 5.73 Å². The minimum Gasteiger partial charge on any atom is -0.323 e.